The van der Waals surface area contributed by atoms with E-state index in [-0.39, 0.29) is 35.0 Å². The number of allylic oxidation sites excluding steroid dienone is 1. The Hall–Kier alpha value is -5.30. The van der Waals surface area contributed by atoms with Crippen molar-refractivity contribution in [2.45, 2.75) is 6.92 Å². The number of ether oxygens (including phenoxy) is 1. The van der Waals surface area contributed by atoms with Gasteiger partial charge in [0.15, 0.2) is 12.4 Å². The number of benzene rings is 3. The number of para-hydroxylation sites is 1. The Morgan fingerprint density at radius 3 is 2.69 bits per heavy atom. The van der Waals surface area contributed by atoms with Crippen LogP contribution in [0.25, 0.3) is 22.6 Å². The third-order valence-corrected chi connectivity index (χ3v) is 5.16. The van der Waals surface area contributed by atoms with Crippen LogP contribution < -0.4 is 15.6 Å². The van der Waals surface area contributed by atoms with Crippen LogP contribution in [0, 0.1) is 28.4 Å². The van der Waals surface area contributed by atoms with E-state index >= 15 is 0 Å². The second-order valence-corrected chi connectivity index (χ2v) is 7.79. The molecule has 0 saturated carbocycles. The van der Waals surface area contributed by atoms with Crippen molar-refractivity contribution in [3.63, 3.8) is 0 Å². The molecule has 4 rings (SSSR count). The van der Waals surface area contributed by atoms with E-state index in [1.807, 2.05) is 19.1 Å². The van der Waals surface area contributed by atoms with Crippen LogP contribution in [0.15, 0.2) is 71.5 Å². The van der Waals surface area contributed by atoms with E-state index in [0.717, 1.165) is 5.56 Å². The van der Waals surface area contributed by atoms with Gasteiger partial charge in [-0.2, -0.15) is 5.26 Å². The van der Waals surface area contributed by atoms with Crippen molar-refractivity contribution in [2.75, 3.05) is 11.9 Å². The van der Waals surface area contributed by atoms with Crippen molar-refractivity contribution in [3.05, 3.63) is 104 Å². The fourth-order valence-corrected chi connectivity index (χ4v) is 3.44. The van der Waals surface area contributed by atoms with E-state index in [0.29, 0.717) is 16.6 Å². The molecule has 178 valence electrons. The van der Waals surface area contributed by atoms with Gasteiger partial charge in [-0.1, -0.05) is 24.3 Å². The number of H-pyrrole nitrogens is 1. The molecule has 1 heterocycles. The number of aromatic nitrogens is 2. The van der Waals surface area contributed by atoms with Gasteiger partial charge in [0.2, 0.25) is 0 Å². The van der Waals surface area contributed by atoms with E-state index in [9.17, 15) is 25.0 Å². The van der Waals surface area contributed by atoms with Crippen LogP contribution in [0.3, 0.4) is 0 Å². The van der Waals surface area contributed by atoms with Crippen molar-refractivity contribution < 1.29 is 14.5 Å². The van der Waals surface area contributed by atoms with Gasteiger partial charge in [0, 0.05) is 23.4 Å². The lowest BCUT2D eigenvalue weighted by Crippen LogP contribution is -2.20. The summed E-state index contributed by atoms with van der Waals surface area (Å²) in [5, 5.41) is 24.2. The molecule has 0 spiro atoms. The first-order valence-corrected chi connectivity index (χ1v) is 10.7. The number of aryl methyl sites for hydroxylation is 1. The van der Waals surface area contributed by atoms with Gasteiger partial charge < -0.3 is 15.0 Å². The average Bonchev–Trinajstić information content (AvgIpc) is 2.86. The summed E-state index contributed by atoms with van der Waals surface area (Å²) in [5.74, 6) is -0.304. The molecule has 4 aromatic rings. The molecule has 0 aliphatic heterocycles. The highest BCUT2D eigenvalue weighted by Gasteiger charge is 2.15. The second kappa shape index (κ2) is 10.3. The first kappa shape index (κ1) is 23.8. The Morgan fingerprint density at radius 1 is 1.19 bits per heavy atom. The summed E-state index contributed by atoms with van der Waals surface area (Å²) in [4.78, 5) is 42.5. The highest BCUT2D eigenvalue weighted by Crippen LogP contribution is 2.28. The van der Waals surface area contributed by atoms with Gasteiger partial charge in [-0.3, -0.25) is 19.7 Å². The van der Waals surface area contributed by atoms with Gasteiger partial charge in [-0.05, 0) is 48.9 Å². The standard InChI is InChI=1S/C26H19N5O5/c1-16-7-9-21-22(11-16)29-25(30-26(21)33)18(14-27)12-17-13-20(31(34)35)8-10-23(17)36-15-24(32)28-19-5-3-2-4-6-19/h2-13H,15H2,1H3,(H,28,32)(H,29,30,33). The molecule has 0 aliphatic carbocycles. The number of anilines is 1. The highest BCUT2D eigenvalue weighted by atomic mass is 16.6. The molecule has 0 saturated heterocycles. The fraction of sp³-hybridized carbons (Fsp3) is 0.0769. The number of amides is 1. The predicted molar refractivity (Wildman–Crippen MR) is 134 cm³/mol. The normalized spacial score (nSPS) is 11.1. The van der Waals surface area contributed by atoms with E-state index in [4.69, 9.17) is 4.74 Å². The largest absolute Gasteiger partial charge is 0.483 e. The number of nitro groups is 1. The molecule has 36 heavy (non-hydrogen) atoms. The minimum atomic E-state index is -0.589. The van der Waals surface area contributed by atoms with Gasteiger partial charge in [-0.25, -0.2) is 4.98 Å². The van der Waals surface area contributed by atoms with E-state index in [1.165, 1.54) is 24.3 Å². The molecule has 10 nitrogen and oxygen atoms in total. The molecular weight excluding hydrogens is 462 g/mol. The monoisotopic (exact) mass is 481 g/mol. The van der Waals surface area contributed by atoms with Gasteiger partial charge in [0.05, 0.1) is 21.4 Å². The number of nitriles is 1. The molecule has 0 bridgehead atoms. The summed E-state index contributed by atoms with van der Waals surface area (Å²) >= 11 is 0. The molecule has 0 atom stereocenters. The van der Waals surface area contributed by atoms with Crippen molar-refractivity contribution in [3.8, 4) is 11.8 Å². The number of nitrogens with one attached hydrogen (secondary N) is 2. The summed E-state index contributed by atoms with van der Waals surface area (Å²) in [6, 6.07) is 19.7. The van der Waals surface area contributed by atoms with Gasteiger partial charge in [-0.15, -0.1) is 0 Å². The van der Waals surface area contributed by atoms with Gasteiger partial charge in [0.25, 0.3) is 17.2 Å². The summed E-state index contributed by atoms with van der Waals surface area (Å²) in [6.07, 6.45) is 1.32. The predicted octanol–water partition coefficient (Wildman–Crippen LogP) is 4.22. The van der Waals surface area contributed by atoms with Crippen LogP contribution in [0.2, 0.25) is 0 Å². The molecule has 1 amide bonds. The van der Waals surface area contributed by atoms with Crippen LogP contribution in [0.1, 0.15) is 17.0 Å². The zero-order chi connectivity index (χ0) is 25.7. The maximum Gasteiger partial charge on any atom is 0.270 e. The smallest absolute Gasteiger partial charge is 0.270 e. The van der Waals surface area contributed by atoms with Gasteiger partial charge >= 0.3 is 0 Å². The minimum absolute atomic E-state index is 0.000114. The van der Waals surface area contributed by atoms with Crippen LogP contribution >= 0.6 is 0 Å². The Kier molecular flexibility index (Phi) is 6.83. The van der Waals surface area contributed by atoms with Crippen LogP contribution in [0.5, 0.6) is 5.75 Å². The lowest BCUT2D eigenvalue weighted by molar-refractivity contribution is -0.384. The number of non-ortho nitro benzene ring substituents is 1. The topological polar surface area (TPSA) is 151 Å². The number of carbonyl (C=O) groups is 1. The fourth-order valence-electron chi connectivity index (χ4n) is 3.44. The first-order valence-electron chi connectivity index (χ1n) is 10.7. The quantitative estimate of drug-likeness (QED) is 0.228. The molecule has 0 fully saturated rings. The van der Waals surface area contributed by atoms with E-state index in [1.54, 1.807) is 42.5 Å². The summed E-state index contributed by atoms with van der Waals surface area (Å²) in [5.41, 5.74) is 1.33. The third-order valence-electron chi connectivity index (χ3n) is 5.16. The molecule has 3 aromatic carbocycles. The summed E-state index contributed by atoms with van der Waals surface area (Å²) < 4.78 is 5.62. The van der Waals surface area contributed by atoms with E-state index < -0.39 is 16.4 Å². The number of hydrogen-bond donors (Lipinski definition) is 2. The second-order valence-electron chi connectivity index (χ2n) is 7.79. The Morgan fingerprint density at radius 2 is 1.97 bits per heavy atom. The van der Waals surface area contributed by atoms with Crippen LogP contribution in [0.4, 0.5) is 11.4 Å². The zero-order valence-corrected chi connectivity index (χ0v) is 19.0. The SMILES string of the molecule is Cc1ccc2c(=O)[nH]c(C(C#N)=Cc3cc([N+](=O)[O-])ccc3OCC(=O)Nc3ccccc3)nc2c1. The Bertz CT molecular complexity index is 1600. The van der Waals surface area contributed by atoms with Crippen LogP contribution in [-0.2, 0) is 4.79 Å². The number of nitro benzene ring substituents is 1. The number of fused-ring (bicyclic) bond motifs is 1. The number of aromatic amines is 1. The molecule has 0 unspecified atom stereocenters. The zero-order valence-electron chi connectivity index (χ0n) is 19.0. The first-order chi connectivity index (χ1) is 17.3. The van der Waals surface area contributed by atoms with Crippen molar-refractivity contribution in [1.82, 2.24) is 9.97 Å². The number of rotatable bonds is 7. The maximum absolute atomic E-state index is 12.5. The molecular formula is C26H19N5O5. The summed E-state index contributed by atoms with van der Waals surface area (Å²) in [6.45, 7) is 1.48. The van der Waals surface area contributed by atoms with Crippen molar-refractivity contribution in [2.24, 2.45) is 0 Å². The Labute approximate surface area is 204 Å². The maximum atomic E-state index is 12.5. The van der Waals surface area contributed by atoms with E-state index in [2.05, 4.69) is 15.3 Å². The van der Waals surface area contributed by atoms with Gasteiger partial charge in [0.1, 0.15) is 11.8 Å². The Balaban J connectivity index is 1.68. The number of carbonyl (C=O) groups excluding carboxylic acids is 1. The lowest BCUT2D eigenvalue weighted by Gasteiger charge is -2.10. The third kappa shape index (κ3) is 5.43. The molecule has 1 aromatic heterocycles. The van der Waals surface area contributed by atoms with Crippen LogP contribution in [-0.4, -0.2) is 27.4 Å². The van der Waals surface area contributed by atoms with Crippen molar-refractivity contribution >= 4 is 39.8 Å². The molecule has 10 heteroatoms. The highest BCUT2D eigenvalue weighted by molar-refractivity contribution is 5.92. The van der Waals surface area contributed by atoms with Crippen molar-refractivity contribution in [1.29, 1.82) is 5.26 Å². The lowest BCUT2D eigenvalue weighted by atomic mass is 10.1. The summed E-state index contributed by atoms with van der Waals surface area (Å²) in [7, 11) is 0. The number of nitrogens with zero attached hydrogens (tertiary/aromatic N) is 3. The molecule has 2 N–H and O–H groups in total. The number of hydrogen-bond acceptors (Lipinski definition) is 7. The molecule has 0 aliphatic rings. The minimum Gasteiger partial charge on any atom is -0.483 e. The molecule has 0 radical (unpaired) electrons. The average molecular weight is 481 g/mol.